The van der Waals surface area contributed by atoms with E-state index in [0.717, 1.165) is 5.56 Å². The predicted octanol–water partition coefficient (Wildman–Crippen LogP) is 1.97. The average molecular weight is 262 g/mol. The number of ether oxygens (including phenoxy) is 2. The van der Waals surface area contributed by atoms with Gasteiger partial charge in [-0.2, -0.15) is 0 Å². The summed E-state index contributed by atoms with van der Waals surface area (Å²) in [6.07, 6.45) is 2.75. The number of amides is 1. The Morgan fingerprint density at radius 3 is 2.79 bits per heavy atom. The maximum atomic E-state index is 11.3. The van der Waals surface area contributed by atoms with Crippen molar-refractivity contribution < 1.29 is 14.3 Å². The van der Waals surface area contributed by atoms with Gasteiger partial charge in [0, 0.05) is 11.8 Å². The topological polar surface area (TPSA) is 60.5 Å². The molecule has 1 amide bonds. The molecule has 0 fully saturated rings. The van der Waals surface area contributed by atoms with Crippen LogP contribution in [0.15, 0.2) is 18.5 Å². The number of hydrogen-bond donors (Lipinski definition) is 1. The van der Waals surface area contributed by atoms with Gasteiger partial charge in [0.15, 0.2) is 0 Å². The summed E-state index contributed by atoms with van der Waals surface area (Å²) in [6.45, 7) is 5.63. The Hall–Kier alpha value is -2.22. The first-order valence-electron chi connectivity index (χ1n) is 5.85. The summed E-state index contributed by atoms with van der Waals surface area (Å²) in [5.74, 6) is 6.33. The van der Waals surface area contributed by atoms with E-state index in [1.807, 2.05) is 0 Å². The molecule has 0 aliphatic heterocycles. The molecule has 1 rings (SSSR count). The van der Waals surface area contributed by atoms with Gasteiger partial charge in [-0.15, -0.1) is 0 Å². The van der Waals surface area contributed by atoms with Crippen molar-refractivity contribution in [3.63, 3.8) is 0 Å². The second kappa shape index (κ2) is 6.64. The molecule has 0 saturated heterocycles. The van der Waals surface area contributed by atoms with Gasteiger partial charge in [-0.3, -0.25) is 4.98 Å². The van der Waals surface area contributed by atoms with Crippen LogP contribution in [-0.4, -0.2) is 30.3 Å². The van der Waals surface area contributed by atoms with E-state index < -0.39 is 11.7 Å². The van der Waals surface area contributed by atoms with E-state index >= 15 is 0 Å². The first kappa shape index (κ1) is 14.8. The highest BCUT2D eigenvalue weighted by Crippen LogP contribution is 2.08. The number of rotatable bonds is 2. The minimum Gasteiger partial charge on any atom is -0.495 e. The largest absolute Gasteiger partial charge is 0.495 e. The van der Waals surface area contributed by atoms with Crippen LogP contribution in [0.25, 0.3) is 0 Å². The molecule has 0 unspecified atom stereocenters. The maximum absolute atomic E-state index is 11.3. The normalized spacial score (nSPS) is 10.1. The van der Waals surface area contributed by atoms with E-state index in [4.69, 9.17) is 9.47 Å². The highest BCUT2D eigenvalue weighted by Gasteiger charge is 2.14. The third-order valence-electron chi connectivity index (χ3n) is 1.90. The van der Waals surface area contributed by atoms with Crippen LogP contribution in [0.3, 0.4) is 0 Å². The third-order valence-corrected chi connectivity index (χ3v) is 1.90. The van der Waals surface area contributed by atoms with Gasteiger partial charge in [0.25, 0.3) is 0 Å². The molecule has 0 aliphatic rings. The molecule has 19 heavy (non-hydrogen) atoms. The standard InChI is InChI=1S/C14H18N2O3/c1-14(2,3)19-13(17)16-7-5-6-11-8-12(18-4)10-15-9-11/h8-10H,7H2,1-4H3,(H,16,17). The number of carbonyl (C=O) groups excluding carboxylic acids is 1. The molecule has 0 aromatic carbocycles. The number of nitrogens with one attached hydrogen (secondary N) is 1. The number of aromatic nitrogens is 1. The number of pyridine rings is 1. The van der Waals surface area contributed by atoms with Crippen molar-refractivity contribution >= 4 is 6.09 Å². The van der Waals surface area contributed by atoms with Gasteiger partial charge in [-0.05, 0) is 26.8 Å². The van der Waals surface area contributed by atoms with Crippen molar-refractivity contribution in [1.82, 2.24) is 10.3 Å². The zero-order valence-electron chi connectivity index (χ0n) is 11.6. The van der Waals surface area contributed by atoms with Crippen LogP contribution in [0.2, 0.25) is 0 Å². The van der Waals surface area contributed by atoms with Crippen molar-refractivity contribution in [1.29, 1.82) is 0 Å². The summed E-state index contributed by atoms with van der Waals surface area (Å²) in [6, 6.07) is 1.77. The zero-order valence-corrected chi connectivity index (χ0v) is 11.6. The second-order valence-electron chi connectivity index (χ2n) is 4.77. The Morgan fingerprint density at radius 2 is 2.16 bits per heavy atom. The zero-order chi connectivity index (χ0) is 14.3. The minimum atomic E-state index is -0.506. The van der Waals surface area contributed by atoms with Crippen LogP contribution in [-0.2, 0) is 4.74 Å². The smallest absolute Gasteiger partial charge is 0.408 e. The molecular weight excluding hydrogens is 244 g/mol. The van der Waals surface area contributed by atoms with E-state index in [2.05, 4.69) is 22.1 Å². The summed E-state index contributed by atoms with van der Waals surface area (Å²) in [7, 11) is 1.57. The van der Waals surface area contributed by atoms with Gasteiger partial charge in [0.05, 0.1) is 19.9 Å². The first-order chi connectivity index (χ1) is 8.90. The van der Waals surface area contributed by atoms with Crippen LogP contribution in [0.1, 0.15) is 26.3 Å². The minimum absolute atomic E-state index is 0.214. The lowest BCUT2D eigenvalue weighted by Gasteiger charge is -2.18. The molecule has 1 N–H and O–H groups in total. The van der Waals surface area contributed by atoms with Crippen molar-refractivity contribution in [2.24, 2.45) is 0 Å². The van der Waals surface area contributed by atoms with Crippen LogP contribution in [0, 0.1) is 11.8 Å². The number of carbonyl (C=O) groups is 1. The van der Waals surface area contributed by atoms with Crippen molar-refractivity contribution in [3.8, 4) is 17.6 Å². The molecule has 1 aromatic heterocycles. The monoisotopic (exact) mass is 262 g/mol. The Morgan fingerprint density at radius 1 is 1.42 bits per heavy atom. The van der Waals surface area contributed by atoms with Gasteiger partial charge in [-0.25, -0.2) is 4.79 Å². The van der Waals surface area contributed by atoms with E-state index in [9.17, 15) is 4.79 Å². The first-order valence-corrected chi connectivity index (χ1v) is 5.85. The Bertz CT molecular complexity index is 495. The van der Waals surface area contributed by atoms with E-state index in [-0.39, 0.29) is 6.54 Å². The Balaban J connectivity index is 2.45. The van der Waals surface area contributed by atoms with Gasteiger partial charge >= 0.3 is 6.09 Å². The Kier molecular flexibility index (Phi) is 5.19. The molecule has 0 atom stereocenters. The maximum Gasteiger partial charge on any atom is 0.408 e. The fourth-order valence-corrected chi connectivity index (χ4v) is 1.18. The lowest BCUT2D eigenvalue weighted by atomic mass is 10.2. The molecule has 0 saturated carbocycles. The third kappa shape index (κ3) is 6.32. The van der Waals surface area contributed by atoms with Crippen molar-refractivity contribution in [3.05, 3.63) is 24.0 Å². The molecular formula is C14H18N2O3. The fraction of sp³-hybridized carbons (Fsp3) is 0.429. The lowest BCUT2D eigenvalue weighted by molar-refractivity contribution is 0.0535. The number of alkyl carbamates (subject to hydrolysis) is 1. The molecule has 102 valence electrons. The molecule has 0 radical (unpaired) electrons. The molecule has 5 heteroatoms. The van der Waals surface area contributed by atoms with Crippen LogP contribution in [0.5, 0.6) is 5.75 Å². The second-order valence-corrected chi connectivity index (χ2v) is 4.77. The summed E-state index contributed by atoms with van der Waals surface area (Å²) < 4.78 is 10.1. The average Bonchev–Trinajstić information content (AvgIpc) is 2.33. The summed E-state index contributed by atoms with van der Waals surface area (Å²) in [5, 5.41) is 2.55. The summed E-state index contributed by atoms with van der Waals surface area (Å²) >= 11 is 0. The van der Waals surface area contributed by atoms with Gasteiger partial charge in [0.2, 0.25) is 0 Å². The summed E-state index contributed by atoms with van der Waals surface area (Å²) in [5.41, 5.74) is 0.221. The van der Waals surface area contributed by atoms with Gasteiger partial charge < -0.3 is 14.8 Å². The summed E-state index contributed by atoms with van der Waals surface area (Å²) in [4.78, 5) is 15.3. The molecule has 1 heterocycles. The van der Waals surface area contributed by atoms with Crippen LogP contribution in [0.4, 0.5) is 4.79 Å². The van der Waals surface area contributed by atoms with E-state index in [1.54, 1.807) is 46.3 Å². The quantitative estimate of drug-likeness (QED) is 0.828. The van der Waals surface area contributed by atoms with Crippen LogP contribution < -0.4 is 10.1 Å². The SMILES string of the molecule is COc1cncc(C#CCNC(=O)OC(C)(C)C)c1. The van der Waals surface area contributed by atoms with E-state index in [0.29, 0.717) is 5.75 Å². The van der Waals surface area contributed by atoms with Crippen LogP contribution >= 0.6 is 0 Å². The molecule has 0 bridgehead atoms. The Labute approximate surface area is 113 Å². The van der Waals surface area contributed by atoms with E-state index in [1.165, 1.54) is 0 Å². The fourth-order valence-electron chi connectivity index (χ4n) is 1.18. The highest BCUT2D eigenvalue weighted by molar-refractivity contribution is 5.68. The molecule has 0 spiro atoms. The van der Waals surface area contributed by atoms with Gasteiger partial charge in [0.1, 0.15) is 11.4 Å². The number of methoxy groups -OCH3 is 1. The lowest BCUT2D eigenvalue weighted by Crippen LogP contribution is -2.32. The van der Waals surface area contributed by atoms with Crippen molar-refractivity contribution in [2.75, 3.05) is 13.7 Å². The van der Waals surface area contributed by atoms with Gasteiger partial charge in [-0.1, -0.05) is 11.8 Å². The number of nitrogens with zero attached hydrogens (tertiary/aromatic N) is 1. The molecule has 1 aromatic rings. The van der Waals surface area contributed by atoms with Crippen molar-refractivity contribution in [2.45, 2.75) is 26.4 Å². The molecule has 5 nitrogen and oxygen atoms in total. The number of hydrogen-bond acceptors (Lipinski definition) is 4. The predicted molar refractivity (Wildman–Crippen MR) is 71.9 cm³/mol. The molecule has 0 aliphatic carbocycles. The highest BCUT2D eigenvalue weighted by atomic mass is 16.6.